The fraction of sp³-hybridized carbons (Fsp3) is 0.185. The molecule has 4 rings (SSSR count). The zero-order valence-electron chi connectivity index (χ0n) is 21.1. The number of nitrogens with zero attached hydrogens (tertiary/aromatic N) is 3. The molecular formula is C27H19F8N5O2. The van der Waals surface area contributed by atoms with E-state index in [1.807, 2.05) is 0 Å². The van der Waals surface area contributed by atoms with Gasteiger partial charge in [0.05, 0.1) is 22.9 Å². The van der Waals surface area contributed by atoms with Crippen LogP contribution in [0.3, 0.4) is 0 Å². The molecule has 0 bridgehead atoms. The molecule has 2 aromatic carbocycles. The molecule has 0 aliphatic carbocycles. The number of hydrogen-bond acceptors (Lipinski definition) is 4. The van der Waals surface area contributed by atoms with Gasteiger partial charge in [0, 0.05) is 24.0 Å². The number of alkyl halides is 5. The number of nitrogens with two attached hydrogens (primary N) is 1. The Balaban J connectivity index is 1.73. The van der Waals surface area contributed by atoms with Crippen molar-refractivity contribution in [3.05, 3.63) is 106 Å². The highest BCUT2D eigenvalue weighted by atomic mass is 19.4. The fourth-order valence-electron chi connectivity index (χ4n) is 4.29. The van der Waals surface area contributed by atoms with Crippen LogP contribution in [0.5, 0.6) is 0 Å². The van der Waals surface area contributed by atoms with Gasteiger partial charge in [0.15, 0.2) is 5.69 Å². The van der Waals surface area contributed by atoms with Gasteiger partial charge in [-0.3, -0.25) is 19.3 Å². The topological polar surface area (TPSA) is 103 Å². The third-order valence-corrected chi connectivity index (χ3v) is 6.01. The molecule has 0 saturated carbocycles. The van der Waals surface area contributed by atoms with Gasteiger partial charge in [0.2, 0.25) is 5.91 Å². The maximum atomic E-state index is 14.1. The molecule has 0 aliphatic rings. The highest BCUT2D eigenvalue weighted by molar-refractivity contribution is 5.94. The van der Waals surface area contributed by atoms with Crippen molar-refractivity contribution in [2.24, 2.45) is 5.73 Å². The minimum Gasteiger partial charge on any atom is -0.366 e. The van der Waals surface area contributed by atoms with Crippen LogP contribution < -0.4 is 11.1 Å². The van der Waals surface area contributed by atoms with E-state index < -0.39 is 71.3 Å². The van der Waals surface area contributed by atoms with Crippen LogP contribution in [-0.4, -0.2) is 26.6 Å². The Morgan fingerprint density at radius 3 is 2.29 bits per heavy atom. The standard InChI is InChI=1S/C27H19F8N5O2/c28-15-6-13(7-16(29)10-15)8-21(38-22(41)12-40-11-19(25(31)32)24(39-40)27(33,34)35)23-17(2-1-5-37-23)14-3-4-20(30)18(9-14)26(36)42/h1-7,9-11,21,25H,8,12H2,(H2,36,42)(H,38,41)/t21-/m0/s1. The molecule has 1 atom stereocenters. The average Bonchev–Trinajstić information content (AvgIpc) is 3.33. The van der Waals surface area contributed by atoms with Crippen LogP contribution in [0.1, 0.15) is 45.3 Å². The van der Waals surface area contributed by atoms with Crippen LogP contribution in [0, 0.1) is 17.5 Å². The monoisotopic (exact) mass is 597 g/mol. The van der Waals surface area contributed by atoms with Crippen molar-refractivity contribution in [1.82, 2.24) is 20.1 Å². The van der Waals surface area contributed by atoms with E-state index in [0.717, 1.165) is 24.3 Å². The number of primary amides is 1. The van der Waals surface area contributed by atoms with Crippen molar-refractivity contribution < 1.29 is 44.7 Å². The Kier molecular flexibility index (Phi) is 8.59. The lowest BCUT2D eigenvalue weighted by Crippen LogP contribution is -2.34. The maximum Gasteiger partial charge on any atom is 0.435 e. The first kappa shape index (κ1) is 30.1. The van der Waals surface area contributed by atoms with E-state index >= 15 is 0 Å². The van der Waals surface area contributed by atoms with E-state index in [9.17, 15) is 44.7 Å². The Bertz CT molecular complexity index is 1620. The van der Waals surface area contributed by atoms with Crippen molar-refractivity contribution >= 4 is 11.8 Å². The fourth-order valence-corrected chi connectivity index (χ4v) is 4.29. The van der Waals surface area contributed by atoms with Gasteiger partial charge in [-0.2, -0.15) is 18.3 Å². The lowest BCUT2D eigenvalue weighted by atomic mass is 9.94. The van der Waals surface area contributed by atoms with Crippen LogP contribution in [0.15, 0.2) is 60.9 Å². The molecular weight excluding hydrogens is 578 g/mol. The summed E-state index contributed by atoms with van der Waals surface area (Å²) in [5.74, 6) is -4.85. The molecule has 4 aromatic rings. The van der Waals surface area contributed by atoms with Crippen molar-refractivity contribution in [1.29, 1.82) is 0 Å². The molecule has 15 heteroatoms. The lowest BCUT2D eigenvalue weighted by Gasteiger charge is -2.22. The van der Waals surface area contributed by atoms with E-state index in [1.54, 1.807) is 0 Å². The van der Waals surface area contributed by atoms with Gasteiger partial charge >= 0.3 is 6.18 Å². The van der Waals surface area contributed by atoms with Gasteiger partial charge in [0.1, 0.15) is 24.0 Å². The second kappa shape index (κ2) is 12.0. The normalized spacial score (nSPS) is 12.4. The van der Waals surface area contributed by atoms with E-state index in [-0.39, 0.29) is 28.8 Å². The Morgan fingerprint density at radius 2 is 1.69 bits per heavy atom. The van der Waals surface area contributed by atoms with Gasteiger partial charge < -0.3 is 11.1 Å². The van der Waals surface area contributed by atoms with Crippen molar-refractivity contribution in [3.63, 3.8) is 0 Å². The summed E-state index contributed by atoms with van der Waals surface area (Å²) in [7, 11) is 0. The second-order valence-corrected chi connectivity index (χ2v) is 9.03. The molecule has 2 aromatic heterocycles. The summed E-state index contributed by atoms with van der Waals surface area (Å²) in [5.41, 5.74) is 2.07. The highest BCUT2D eigenvalue weighted by Gasteiger charge is 2.39. The zero-order valence-corrected chi connectivity index (χ0v) is 21.1. The number of benzene rings is 2. The molecule has 42 heavy (non-hydrogen) atoms. The minimum atomic E-state index is -5.21. The maximum absolute atomic E-state index is 14.1. The third-order valence-electron chi connectivity index (χ3n) is 6.01. The first-order valence-corrected chi connectivity index (χ1v) is 11.9. The second-order valence-electron chi connectivity index (χ2n) is 9.03. The average molecular weight is 597 g/mol. The molecule has 7 nitrogen and oxygen atoms in total. The van der Waals surface area contributed by atoms with Crippen molar-refractivity contribution in [2.75, 3.05) is 0 Å². The number of carbonyl (C=O) groups is 2. The molecule has 0 saturated heterocycles. The Labute approximate surface area is 232 Å². The van der Waals surface area contributed by atoms with Crippen LogP contribution in [0.25, 0.3) is 11.1 Å². The molecule has 0 aliphatic heterocycles. The number of carbonyl (C=O) groups excluding carboxylic acids is 2. The van der Waals surface area contributed by atoms with Gasteiger partial charge in [0.25, 0.3) is 12.3 Å². The number of nitrogens with one attached hydrogen (secondary N) is 1. The Morgan fingerprint density at radius 1 is 1.00 bits per heavy atom. The van der Waals surface area contributed by atoms with Crippen LogP contribution in [0.2, 0.25) is 0 Å². The molecule has 2 amide bonds. The molecule has 0 spiro atoms. The Hall–Kier alpha value is -4.82. The number of amides is 2. The molecule has 3 N–H and O–H groups in total. The minimum absolute atomic E-state index is 0.0461. The van der Waals surface area contributed by atoms with Crippen molar-refractivity contribution in [2.45, 2.75) is 31.6 Å². The highest BCUT2D eigenvalue weighted by Crippen LogP contribution is 2.35. The first-order chi connectivity index (χ1) is 19.7. The molecule has 0 unspecified atom stereocenters. The smallest absolute Gasteiger partial charge is 0.366 e. The summed E-state index contributed by atoms with van der Waals surface area (Å²) < 4.78 is 108. The number of rotatable bonds is 9. The number of pyridine rings is 1. The summed E-state index contributed by atoms with van der Waals surface area (Å²) >= 11 is 0. The van der Waals surface area contributed by atoms with E-state index in [2.05, 4.69) is 15.4 Å². The van der Waals surface area contributed by atoms with Gasteiger partial charge in [-0.25, -0.2) is 22.0 Å². The van der Waals surface area contributed by atoms with Crippen molar-refractivity contribution in [3.8, 4) is 11.1 Å². The predicted octanol–water partition coefficient (Wildman–Crippen LogP) is 5.52. The third kappa shape index (κ3) is 6.90. The first-order valence-electron chi connectivity index (χ1n) is 11.9. The van der Waals surface area contributed by atoms with E-state index in [0.29, 0.717) is 16.9 Å². The van der Waals surface area contributed by atoms with Gasteiger partial charge in [-0.15, -0.1) is 0 Å². The summed E-state index contributed by atoms with van der Waals surface area (Å²) in [6.45, 7) is -0.936. The molecule has 220 valence electrons. The van der Waals surface area contributed by atoms with Gasteiger partial charge in [-0.1, -0.05) is 12.1 Å². The molecule has 2 heterocycles. The SMILES string of the molecule is NC(=O)c1cc(-c2cccnc2[C@H](Cc2cc(F)cc(F)c2)NC(=O)Cn2cc(C(F)F)c(C(F)(F)F)n2)ccc1F. The summed E-state index contributed by atoms with van der Waals surface area (Å²) in [5, 5.41) is 5.57. The molecule has 0 radical (unpaired) electrons. The number of halogens is 8. The summed E-state index contributed by atoms with van der Waals surface area (Å²) in [4.78, 5) is 28.9. The van der Waals surface area contributed by atoms with Gasteiger partial charge in [-0.05, 0) is 47.9 Å². The summed E-state index contributed by atoms with van der Waals surface area (Å²) in [6.07, 6.45) is -7.34. The lowest BCUT2D eigenvalue weighted by molar-refractivity contribution is -0.143. The van der Waals surface area contributed by atoms with E-state index in [1.165, 1.54) is 24.4 Å². The number of aromatic nitrogens is 3. The number of hydrogen-bond donors (Lipinski definition) is 2. The quantitative estimate of drug-likeness (QED) is 0.248. The summed E-state index contributed by atoms with van der Waals surface area (Å²) in [6, 6.07) is 7.71. The predicted molar refractivity (Wildman–Crippen MR) is 131 cm³/mol. The molecule has 0 fully saturated rings. The zero-order chi connectivity index (χ0) is 30.8. The largest absolute Gasteiger partial charge is 0.435 e. The van der Waals surface area contributed by atoms with Crippen LogP contribution >= 0.6 is 0 Å². The van der Waals surface area contributed by atoms with Crippen LogP contribution in [0.4, 0.5) is 35.1 Å². The van der Waals surface area contributed by atoms with E-state index in [4.69, 9.17) is 5.73 Å². The van der Waals surface area contributed by atoms with Crippen LogP contribution in [-0.2, 0) is 23.9 Å².